The van der Waals surface area contributed by atoms with E-state index in [0.717, 1.165) is 43.7 Å². The van der Waals surface area contributed by atoms with Gasteiger partial charge in [0.15, 0.2) is 11.5 Å². The summed E-state index contributed by atoms with van der Waals surface area (Å²) in [5, 5.41) is 13.5. The second-order valence-electron chi connectivity index (χ2n) is 5.34. The maximum atomic E-state index is 10.2. The molecule has 0 bridgehead atoms. The Labute approximate surface area is 121 Å². The summed E-state index contributed by atoms with van der Waals surface area (Å²) in [6.07, 6.45) is 4.09. The number of rotatable bonds is 8. The highest BCUT2D eigenvalue weighted by Crippen LogP contribution is 2.28. The molecule has 0 unspecified atom stereocenters. The lowest BCUT2D eigenvalue weighted by atomic mass is 10.0. The predicted molar refractivity (Wildman–Crippen MR) is 79.4 cm³/mol. The van der Waals surface area contributed by atoms with E-state index in [2.05, 4.69) is 5.32 Å². The van der Waals surface area contributed by atoms with Gasteiger partial charge in [0.05, 0.1) is 12.2 Å². The van der Waals surface area contributed by atoms with Crippen LogP contribution in [-0.4, -0.2) is 37.0 Å². The predicted octanol–water partition coefficient (Wildman–Crippen LogP) is 2.36. The zero-order valence-corrected chi connectivity index (χ0v) is 12.2. The lowest BCUT2D eigenvalue weighted by Gasteiger charge is -2.22. The van der Waals surface area contributed by atoms with E-state index in [0.29, 0.717) is 19.8 Å². The third kappa shape index (κ3) is 4.39. The minimum atomic E-state index is -0.497. The Bertz CT molecular complexity index is 402. The lowest BCUT2D eigenvalue weighted by molar-refractivity contribution is 0.0471. The Morgan fingerprint density at radius 1 is 1.15 bits per heavy atom. The standard InChI is InChI=1S/C16H25NO3/c1-2-19-14-7-3-4-8-15(14)20-12-11-17-13-16(18)9-5-6-10-16/h3-4,7-8,17-18H,2,5-6,9-13H2,1H3. The summed E-state index contributed by atoms with van der Waals surface area (Å²) in [5.41, 5.74) is -0.497. The van der Waals surface area contributed by atoms with Gasteiger partial charge in [0.25, 0.3) is 0 Å². The maximum Gasteiger partial charge on any atom is 0.161 e. The number of hydrogen-bond acceptors (Lipinski definition) is 4. The van der Waals surface area contributed by atoms with Gasteiger partial charge in [0.1, 0.15) is 6.61 Å². The summed E-state index contributed by atoms with van der Waals surface area (Å²) in [6.45, 7) is 4.54. The van der Waals surface area contributed by atoms with Crippen molar-refractivity contribution >= 4 is 0 Å². The molecule has 0 aliphatic heterocycles. The van der Waals surface area contributed by atoms with E-state index < -0.39 is 5.60 Å². The van der Waals surface area contributed by atoms with E-state index in [4.69, 9.17) is 9.47 Å². The smallest absolute Gasteiger partial charge is 0.161 e. The zero-order valence-electron chi connectivity index (χ0n) is 12.2. The van der Waals surface area contributed by atoms with Crippen LogP contribution in [0.1, 0.15) is 32.6 Å². The average molecular weight is 279 g/mol. The number of hydrogen-bond donors (Lipinski definition) is 2. The first-order valence-electron chi connectivity index (χ1n) is 7.51. The molecule has 0 amide bonds. The van der Waals surface area contributed by atoms with Crippen molar-refractivity contribution in [2.24, 2.45) is 0 Å². The Hall–Kier alpha value is -1.26. The largest absolute Gasteiger partial charge is 0.490 e. The van der Waals surface area contributed by atoms with E-state index in [-0.39, 0.29) is 0 Å². The van der Waals surface area contributed by atoms with Crippen LogP contribution in [0.4, 0.5) is 0 Å². The fourth-order valence-corrected chi connectivity index (χ4v) is 2.61. The highest BCUT2D eigenvalue weighted by molar-refractivity contribution is 5.39. The summed E-state index contributed by atoms with van der Waals surface area (Å²) in [4.78, 5) is 0. The molecule has 4 heteroatoms. The molecule has 0 spiro atoms. The Morgan fingerprint density at radius 3 is 2.45 bits per heavy atom. The molecule has 1 aromatic rings. The number of para-hydroxylation sites is 2. The normalized spacial score (nSPS) is 17.1. The van der Waals surface area contributed by atoms with E-state index in [9.17, 15) is 5.11 Å². The molecule has 0 aromatic heterocycles. The van der Waals surface area contributed by atoms with Crippen LogP contribution in [0.25, 0.3) is 0 Å². The van der Waals surface area contributed by atoms with Crippen LogP contribution in [-0.2, 0) is 0 Å². The number of nitrogens with one attached hydrogen (secondary N) is 1. The van der Waals surface area contributed by atoms with Gasteiger partial charge in [-0.05, 0) is 31.9 Å². The van der Waals surface area contributed by atoms with E-state index in [1.54, 1.807) is 0 Å². The molecule has 1 aromatic carbocycles. The van der Waals surface area contributed by atoms with Gasteiger partial charge in [-0.15, -0.1) is 0 Å². The van der Waals surface area contributed by atoms with E-state index in [1.165, 1.54) is 0 Å². The highest BCUT2D eigenvalue weighted by atomic mass is 16.5. The minimum absolute atomic E-state index is 0.497. The van der Waals surface area contributed by atoms with Crippen LogP contribution < -0.4 is 14.8 Å². The molecule has 2 rings (SSSR count). The SMILES string of the molecule is CCOc1ccccc1OCCNCC1(O)CCCC1. The van der Waals surface area contributed by atoms with Gasteiger partial charge in [-0.1, -0.05) is 25.0 Å². The Morgan fingerprint density at radius 2 is 1.80 bits per heavy atom. The van der Waals surface area contributed by atoms with E-state index >= 15 is 0 Å². The molecule has 2 N–H and O–H groups in total. The highest BCUT2D eigenvalue weighted by Gasteiger charge is 2.30. The van der Waals surface area contributed by atoms with Crippen LogP contribution in [0.15, 0.2) is 24.3 Å². The van der Waals surface area contributed by atoms with E-state index in [1.807, 2.05) is 31.2 Å². The fourth-order valence-electron chi connectivity index (χ4n) is 2.61. The molecule has 1 saturated carbocycles. The molecule has 1 aliphatic carbocycles. The molecule has 20 heavy (non-hydrogen) atoms. The fraction of sp³-hybridized carbons (Fsp3) is 0.625. The van der Waals surface area contributed by atoms with Gasteiger partial charge >= 0.3 is 0 Å². The van der Waals surface area contributed by atoms with Crippen LogP contribution in [0.3, 0.4) is 0 Å². The zero-order chi connectivity index (χ0) is 14.3. The van der Waals surface area contributed by atoms with Crippen molar-refractivity contribution in [2.75, 3.05) is 26.3 Å². The third-order valence-corrected chi connectivity index (χ3v) is 3.67. The van der Waals surface area contributed by atoms with Gasteiger partial charge in [0.2, 0.25) is 0 Å². The van der Waals surface area contributed by atoms with Crippen molar-refractivity contribution in [2.45, 2.75) is 38.2 Å². The molecule has 112 valence electrons. The quantitative estimate of drug-likeness (QED) is 0.717. The van der Waals surface area contributed by atoms with Crippen LogP contribution in [0.2, 0.25) is 0 Å². The third-order valence-electron chi connectivity index (χ3n) is 3.67. The lowest BCUT2D eigenvalue weighted by Crippen LogP contribution is -2.39. The monoisotopic (exact) mass is 279 g/mol. The van der Waals surface area contributed by atoms with Gasteiger partial charge in [0, 0.05) is 13.1 Å². The van der Waals surface area contributed by atoms with Crippen LogP contribution >= 0.6 is 0 Å². The Balaban J connectivity index is 1.68. The Kier molecular flexibility index (Phi) is 5.68. The van der Waals surface area contributed by atoms with Crippen molar-refractivity contribution in [3.8, 4) is 11.5 Å². The second kappa shape index (κ2) is 7.50. The maximum absolute atomic E-state index is 10.2. The van der Waals surface area contributed by atoms with Crippen molar-refractivity contribution in [1.29, 1.82) is 0 Å². The molecule has 1 aliphatic rings. The summed E-state index contributed by atoms with van der Waals surface area (Å²) in [7, 11) is 0. The summed E-state index contributed by atoms with van der Waals surface area (Å²) < 4.78 is 11.2. The molecule has 4 nitrogen and oxygen atoms in total. The first-order valence-corrected chi connectivity index (χ1v) is 7.51. The van der Waals surface area contributed by atoms with Gasteiger partial charge in [-0.3, -0.25) is 0 Å². The second-order valence-corrected chi connectivity index (χ2v) is 5.34. The molecule has 0 radical (unpaired) electrons. The first kappa shape index (κ1) is 15.1. The van der Waals surface area contributed by atoms with Crippen LogP contribution in [0.5, 0.6) is 11.5 Å². The van der Waals surface area contributed by atoms with Crippen molar-refractivity contribution in [3.63, 3.8) is 0 Å². The van der Waals surface area contributed by atoms with Gasteiger partial charge < -0.3 is 19.9 Å². The molecule has 0 saturated heterocycles. The first-order chi connectivity index (χ1) is 9.73. The molecule has 0 heterocycles. The van der Waals surface area contributed by atoms with Crippen LogP contribution in [0, 0.1) is 0 Å². The van der Waals surface area contributed by atoms with Crippen molar-refractivity contribution in [3.05, 3.63) is 24.3 Å². The minimum Gasteiger partial charge on any atom is -0.490 e. The molecule has 0 atom stereocenters. The number of benzene rings is 1. The molecular weight excluding hydrogens is 254 g/mol. The number of aliphatic hydroxyl groups is 1. The average Bonchev–Trinajstić information content (AvgIpc) is 2.88. The summed E-state index contributed by atoms with van der Waals surface area (Å²) in [5.74, 6) is 1.56. The topological polar surface area (TPSA) is 50.7 Å². The van der Waals surface area contributed by atoms with Crippen molar-refractivity contribution < 1.29 is 14.6 Å². The van der Waals surface area contributed by atoms with Crippen molar-refractivity contribution in [1.82, 2.24) is 5.32 Å². The summed E-state index contributed by atoms with van der Waals surface area (Å²) in [6, 6.07) is 7.70. The van der Waals surface area contributed by atoms with Gasteiger partial charge in [-0.25, -0.2) is 0 Å². The molecular formula is C16H25NO3. The molecule has 1 fully saturated rings. The van der Waals surface area contributed by atoms with Gasteiger partial charge in [-0.2, -0.15) is 0 Å². The summed E-state index contributed by atoms with van der Waals surface area (Å²) >= 11 is 0. The number of ether oxygens (including phenoxy) is 2.